The molecular weight excluding hydrogens is 350 g/mol. The minimum absolute atomic E-state index is 0.679. The standard InChI is InChI=1S/C23H29N3S/c1-3-12-24-18-8-6-17(7-9-18)21-15-25-22-14-19(10-11-20(21)22)26-16(2)23-5-4-13-27-23/h4-5,10-11,13-15,17-18,24-26H,2-3,6-9,12H2,1H3/t17-,18-. The van der Waals surface area contributed by atoms with E-state index in [1.54, 1.807) is 11.3 Å². The normalized spacial score (nSPS) is 20.0. The topological polar surface area (TPSA) is 39.9 Å². The molecule has 2 heterocycles. The highest BCUT2D eigenvalue weighted by Crippen LogP contribution is 2.37. The van der Waals surface area contributed by atoms with Crippen molar-refractivity contribution in [2.24, 2.45) is 0 Å². The van der Waals surface area contributed by atoms with Gasteiger partial charge in [0, 0.05) is 39.4 Å². The second-order valence-corrected chi connectivity index (χ2v) is 8.54. The van der Waals surface area contributed by atoms with E-state index in [4.69, 9.17) is 0 Å². The molecule has 0 aliphatic heterocycles. The van der Waals surface area contributed by atoms with Crippen LogP contribution in [0.15, 0.2) is 48.5 Å². The van der Waals surface area contributed by atoms with Crippen LogP contribution in [0.1, 0.15) is 55.4 Å². The van der Waals surface area contributed by atoms with Crippen LogP contribution in [0.4, 0.5) is 5.69 Å². The summed E-state index contributed by atoms with van der Waals surface area (Å²) in [4.78, 5) is 4.67. The van der Waals surface area contributed by atoms with Gasteiger partial charge in [-0.2, -0.15) is 0 Å². The smallest absolute Gasteiger partial charge is 0.0499 e. The molecule has 0 amide bonds. The number of benzene rings is 1. The summed E-state index contributed by atoms with van der Waals surface area (Å²) >= 11 is 1.71. The highest BCUT2D eigenvalue weighted by molar-refractivity contribution is 7.11. The fourth-order valence-electron chi connectivity index (χ4n) is 4.21. The van der Waals surface area contributed by atoms with Gasteiger partial charge in [0.05, 0.1) is 0 Å². The van der Waals surface area contributed by atoms with E-state index in [-0.39, 0.29) is 0 Å². The highest BCUT2D eigenvalue weighted by Gasteiger charge is 2.23. The van der Waals surface area contributed by atoms with E-state index >= 15 is 0 Å². The Morgan fingerprint density at radius 3 is 2.81 bits per heavy atom. The van der Waals surface area contributed by atoms with Crippen LogP contribution in [0.3, 0.4) is 0 Å². The van der Waals surface area contributed by atoms with E-state index in [1.807, 2.05) is 0 Å². The van der Waals surface area contributed by atoms with Crippen molar-refractivity contribution in [3.05, 3.63) is 58.9 Å². The summed E-state index contributed by atoms with van der Waals surface area (Å²) in [5, 5.41) is 10.6. The average Bonchev–Trinajstić information content (AvgIpc) is 3.36. The van der Waals surface area contributed by atoms with Gasteiger partial charge in [-0.05, 0) is 73.7 Å². The van der Waals surface area contributed by atoms with Crippen LogP contribution in [0.2, 0.25) is 0 Å². The van der Waals surface area contributed by atoms with E-state index in [1.165, 1.54) is 53.4 Å². The van der Waals surface area contributed by atoms with Gasteiger partial charge in [0.15, 0.2) is 0 Å². The minimum atomic E-state index is 0.679. The molecule has 1 aromatic carbocycles. The van der Waals surface area contributed by atoms with Crippen molar-refractivity contribution in [3.63, 3.8) is 0 Å². The molecule has 4 rings (SSSR count). The first-order chi connectivity index (χ1) is 13.2. The number of rotatable bonds is 7. The summed E-state index contributed by atoms with van der Waals surface area (Å²) in [7, 11) is 0. The zero-order valence-electron chi connectivity index (χ0n) is 16.1. The SMILES string of the molecule is C=C(Nc1ccc2c(c1)[nH]cc2[C@H]1CC[C@H](NCCC)CC1)c1cccs1. The van der Waals surface area contributed by atoms with Gasteiger partial charge in [-0.15, -0.1) is 11.3 Å². The van der Waals surface area contributed by atoms with E-state index in [2.05, 4.69) is 71.0 Å². The van der Waals surface area contributed by atoms with Crippen LogP contribution in [0.25, 0.3) is 16.6 Å². The summed E-state index contributed by atoms with van der Waals surface area (Å²) in [5.74, 6) is 0.679. The first kappa shape index (κ1) is 18.3. The number of thiophene rings is 1. The maximum absolute atomic E-state index is 4.16. The van der Waals surface area contributed by atoms with Crippen LogP contribution >= 0.6 is 11.3 Å². The van der Waals surface area contributed by atoms with Gasteiger partial charge in [-0.25, -0.2) is 0 Å². The zero-order valence-corrected chi connectivity index (χ0v) is 16.9. The van der Waals surface area contributed by atoms with Crippen molar-refractivity contribution >= 4 is 33.6 Å². The number of hydrogen-bond donors (Lipinski definition) is 3. The second-order valence-electron chi connectivity index (χ2n) is 7.59. The van der Waals surface area contributed by atoms with Crippen LogP contribution in [-0.4, -0.2) is 17.6 Å². The van der Waals surface area contributed by atoms with Gasteiger partial charge < -0.3 is 15.6 Å². The maximum atomic E-state index is 4.16. The third-order valence-corrected chi connectivity index (χ3v) is 6.61. The molecule has 0 spiro atoms. The number of nitrogens with one attached hydrogen (secondary N) is 3. The lowest BCUT2D eigenvalue weighted by atomic mass is 9.81. The van der Waals surface area contributed by atoms with Crippen molar-refractivity contribution in [2.45, 2.75) is 51.0 Å². The molecule has 1 fully saturated rings. The fraction of sp³-hybridized carbons (Fsp3) is 0.391. The summed E-state index contributed by atoms with van der Waals surface area (Å²) in [6.07, 6.45) is 8.59. The van der Waals surface area contributed by atoms with Crippen molar-refractivity contribution in [3.8, 4) is 0 Å². The number of H-pyrrole nitrogens is 1. The predicted octanol–water partition coefficient (Wildman–Crippen LogP) is 6.34. The predicted molar refractivity (Wildman–Crippen MR) is 119 cm³/mol. The van der Waals surface area contributed by atoms with Crippen LogP contribution in [0.5, 0.6) is 0 Å². The van der Waals surface area contributed by atoms with Crippen molar-refractivity contribution in [1.82, 2.24) is 10.3 Å². The monoisotopic (exact) mass is 379 g/mol. The van der Waals surface area contributed by atoms with E-state index in [0.29, 0.717) is 12.0 Å². The van der Waals surface area contributed by atoms with Crippen LogP contribution in [-0.2, 0) is 0 Å². The summed E-state index contributed by atoms with van der Waals surface area (Å²) in [6.45, 7) is 7.55. The quantitative estimate of drug-likeness (QED) is 0.448. The molecule has 4 heteroatoms. The Labute approximate surface area is 165 Å². The fourth-order valence-corrected chi connectivity index (χ4v) is 4.86. The first-order valence-corrected chi connectivity index (χ1v) is 11.0. The van der Waals surface area contributed by atoms with Gasteiger partial charge >= 0.3 is 0 Å². The third kappa shape index (κ3) is 4.12. The van der Waals surface area contributed by atoms with Crippen molar-refractivity contribution < 1.29 is 0 Å². The Morgan fingerprint density at radius 2 is 2.07 bits per heavy atom. The molecule has 0 bridgehead atoms. The molecular formula is C23H29N3S. The van der Waals surface area contributed by atoms with Gasteiger partial charge in [-0.3, -0.25) is 0 Å². The van der Waals surface area contributed by atoms with Gasteiger partial charge in [0.1, 0.15) is 0 Å². The van der Waals surface area contributed by atoms with Crippen molar-refractivity contribution in [2.75, 3.05) is 11.9 Å². The molecule has 27 heavy (non-hydrogen) atoms. The second kappa shape index (κ2) is 8.32. The molecule has 3 nitrogen and oxygen atoms in total. The number of hydrogen-bond acceptors (Lipinski definition) is 3. The third-order valence-electron chi connectivity index (χ3n) is 5.68. The minimum Gasteiger partial charge on any atom is -0.361 e. The molecule has 1 aliphatic rings. The lowest BCUT2D eigenvalue weighted by molar-refractivity contribution is 0.344. The molecule has 142 valence electrons. The molecule has 3 aromatic rings. The molecule has 1 saturated carbocycles. The molecule has 0 saturated heterocycles. The average molecular weight is 380 g/mol. The Balaban J connectivity index is 1.44. The molecule has 2 aromatic heterocycles. The zero-order chi connectivity index (χ0) is 18.6. The number of fused-ring (bicyclic) bond motifs is 1. The summed E-state index contributed by atoms with van der Waals surface area (Å²) in [6, 6.07) is 11.5. The molecule has 0 atom stereocenters. The van der Waals surface area contributed by atoms with E-state index in [0.717, 1.165) is 17.9 Å². The van der Waals surface area contributed by atoms with Gasteiger partial charge in [0.25, 0.3) is 0 Å². The Kier molecular flexibility index (Phi) is 5.65. The molecule has 3 N–H and O–H groups in total. The summed E-state index contributed by atoms with van der Waals surface area (Å²) < 4.78 is 0. The number of aromatic nitrogens is 1. The Bertz CT molecular complexity index is 886. The van der Waals surface area contributed by atoms with Crippen molar-refractivity contribution in [1.29, 1.82) is 0 Å². The molecule has 0 unspecified atom stereocenters. The van der Waals surface area contributed by atoms with Crippen LogP contribution < -0.4 is 10.6 Å². The largest absolute Gasteiger partial charge is 0.361 e. The summed E-state index contributed by atoms with van der Waals surface area (Å²) in [5.41, 5.74) is 4.73. The lowest BCUT2D eigenvalue weighted by Crippen LogP contribution is -2.33. The van der Waals surface area contributed by atoms with Gasteiger partial charge in [-0.1, -0.05) is 25.6 Å². The maximum Gasteiger partial charge on any atom is 0.0499 e. The Morgan fingerprint density at radius 1 is 1.22 bits per heavy atom. The molecule has 0 radical (unpaired) electrons. The number of anilines is 1. The Hall–Kier alpha value is -2.04. The highest BCUT2D eigenvalue weighted by atomic mass is 32.1. The van der Waals surface area contributed by atoms with E-state index < -0.39 is 0 Å². The lowest BCUT2D eigenvalue weighted by Gasteiger charge is -2.29. The number of aromatic amines is 1. The van der Waals surface area contributed by atoms with Crippen LogP contribution in [0, 0.1) is 0 Å². The van der Waals surface area contributed by atoms with E-state index in [9.17, 15) is 0 Å². The van der Waals surface area contributed by atoms with Gasteiger partial charge in [0.2, 0.25) is 0 Å². The molecule has 1 aliphatic carbocycles. The first-order valence-electron chi connectivity index (χ1n) is 10.1.